The van der Waals surface area contributed by atoms with Crippen LogP contribution in [0.1, 0.15) is 36.3 Å². The molecule has 3 rings (SSSR count). The maximum Gasteiger partial charge on any atom is 0.339 e. The molecule has 0 N–H and O–H groups in total. The molecule has 2 heterocycles. The summed E-state index contributed by atoms with van der Waals surface area (Å²) < 4.78 is 5.32. The molecule has 132 valence electrons. The van der Waals surface area contributed by atoms with E-state index in [1.807, 2.05) is 36.1 Å². The molecule has 0 bridgehead atoms. The zero-order valence-electron chi connectivity index (χ0n) is 15.0. The van der Waals surface area contributed by atoms with Crippen LogP contribution < -0.4 is 0 Å². The minimum absolute atomic E-state index is 0.123. The maximum absolute atomic E-state index is 12.5. The highest BCUT2D eigenvalue weighted by atomic mass is 16.5. The van der Waals surface area contributed by atoms with E-state index in [9.17, 15) is 9.59 Å². The number of aryl methyl sites for hydroxylation is 1. The van der Waals surface area contributed by atoms with Gasteiger partial charge >= 0.3 is 5.97 Å². The van der Waals surface area contributed by atoms with Crippen LogP contribution in [-0.2, 0) is 9.53 Å². The molecular weight excluding hydrogens is 316 g/mol. The van der Waals surface area contributed by atoms with Gasteiger partial charge in [-0.25, -0.2) is 4.79 Å². The lowest BCUT2D eigenvalue weighted by Crippen LogP contribution is -2.44. The smallest absolute Gasteiger partial charge is 0.339 e. The van der Waals surface area contributed by atoms with E-state index in [1.165, 1.54) is 0 Å². The zero-order valence-corrected chi connectivity index (χ0v) is 15.0. The number of fused-ring (bicyclic) bond motifs is 1. The Hall–Kier alpha value is -2.43. The van der Waals surface area contributed by atoms with Gasteiger partial charge in [0.1, 0.15) is 0 Å². The van der Waals surface area contributed by atoms with E-state index in [1.54, 1.807) is 6.07 Å². The molecular formula is C20H24N2O3. The minimum atomic E-state index is -0.479. The van der Waals surface area contributed by atoms with Crippen LogP contribution in [0, 0.1) is 18.8 Å². The number of amides is 1. The number of benzene rings is 1. The first-order chi connectivity index (χ1) is 11.9. The highest BCUT2D eigenvalue weighted by Gasteiger charge is 2.26. The van der Waals surface area contributed by atoms with E-state index in [0.29, 0.717) is 17.4 Å². The number of piperidine rings is 1. The van der Waals surface area contributed by atoms with Gasteiger partial charge in [0.2, 0.25) is 0 Å². The summed E-state index contributed by atoms with van der Waals surface area (Å²) in [7, 11) is 0. The maximum atomic E-state index is 12.5. The lowest BCUT2D eigenvalue weighted by Gasteiger charge is -2.34. The van der Waals surface area contributed by atoms with Gasteiger partial charge in [-0.2, -0.15) is 0 Å². The molecule has 0 radical (unpaired) electrons. The normalized spacial score (nSPS) is 20.5. The Kier molecular flexibility index (Phi) is 5.02. The number of hydrogen-bond acceptors (Lipinski definition) is 4. The third kappa shape index (κ3) is 3.98. The van der Waals surface area contributed by atoms with Crippen LogP contribution in [0.5, 0.6) is 0 Å². The molecule has 2 atom stereocenters. The van der Waals surface area contributed by atoms with E-state index >= 15 is 0 Å². The molecule has 1 aliphatic rings. The molecule has 2 aromatic rings. The van der Waals surface area contributed by atoms with E-state index in [4.69, 9.17) is 4.74 Å². The molecule has 1 saturated heterocycles. The summed E-state index contributed by atoms with van der Waals surface area (Å²) in [5.41, 5.74) is 1.95. The SMILES string of the molecule is Cc1cc(C(=O)OCC(=O)N2C[C@H](C)C[C@@H](C)C2)c2ccccc2n1. The lowest BCUT2D eigenvalue weighted by molar-refractivity contribution is -0.137. The van der Waals surface area contributed by atoms with Crippen LogP contribution in [-0.4, -0.2) is 41.5 Å². The van der Waals surface area contributed by atoms with Crippen molar-refractivity contribution in [2.75, 3.05) is 19.7 Å². The van der Waals surface area contributed by atoms with Crippen molar-refractivity contribution in [1.82, 2.24) is 9.88 Å². The first-order valence-electron chi connectivity index (χ1n) is 8.75. The van der Waals surface area contributed by atoms with Gasteiger partial charge in [0.15, 0.2) is 6.61 Å². The summed E-state index contributed by atoms with van der Waals surface area (Å²) in [6.07, 6.45) is 1.13. The first kappa shape index (κ1) is 17.4. The Balaban J connectivity index is 1.70. The zero-order chi connectivity index (χ0) is 18.0. The van der Waals surface area contributed by atoms with Gasteiger partial charge in [-0.15, -0.1) is 0 Å². The Morgan fingerprint density at radius 3 is 2.60 bits per heavy atom. The fraction of sp³-hybridized carbons (Fsp3) is 0.450. The largest absolute Gasteiger partial charge is 0.452 e. The van der Waals surface area contributed by atoms with Crippen LogP contribution in [0.3, 0.4) is 0 Å². The van der Waals surface area contributed by atoms with Crippen molar-refractivity contribution >= 4 is 22.8 Å². The number of aromatic nitrogens is 1. The van der Waals surface area contributed by atoms with E-state index in [-0.39, 0.29) is 12.5 Å². The molecule has 5 nitrogen and oxygen atoms in total. The van der Waals surface area contributed by atoms with Crippen LogP contribution in [0.4, 0.5) is 0 Å². The summed E-state index contributed by atoms with van der Waals surface area (Å²) in [4.78, 5) is 31.1. The quantitative estimate of drug-likeness (QED) is 0.805. The number of nitrogens with zero attached hydrogens (tertiary/aromatic N) is 2. The number of likely N-dealkylation sites (tertiary alicyclic amines) is 1. The second-order valence-corrected chi connectivity index (χ2v) is 7.15. The molecule has 5 heteroatoms. The van der Waals surface area contributed by atoms with Crippen molar-refractivity contribution in [3.63, 3.8) is 0 Å². The van der Waals surface area contributed by atoms with Crippen molar-refractivity contribution in [2.45, 2.75) is 27.2 Å². The summed E-state index contributed by atoms with van der Waals surface area (Å²) in [5, 5.41) is 0.741. The summed E-state index contributed by atoms with van der Waals surface area (Å²) in [6.45, 7) is 7.39. The van der Waals surface area contributed by atoms with Gasteiger partial charge in [-0.3, -0.25) is 9.78 Å². The molecule has 1 aliphatic heterocycles. The van der Waals surface area contributed by atoms with Crippen molar-refractivity contribution in [3.05, 3.63) is 41.6 Å². The second-order valence-electron chi connectivity index (χ2n) is 7.15. The average Bonchev–Trinajstić information content (AvgIpc) is 2.57. The van der Waals surface area contributed by atoms with Gasteiger partial charge < -0.3 is 9.64 Å². The molecule has 1 amide bonds. The Bertz CT molecular complexity index is 793. The van der Waals surface area contributed by atoms with Crippen LogP contribution in [0.15, 0.2) is 30.3 Å². The van der Waals surface area contributed by atoms with Crippen molar-refractivity contribution in [3.8, 4) is 0 Å². The van der Waals surface area contributed by atoms with Gasteiger partial charge in [0, 0.05) is 24.2 Å². The molecule has 0 saturated carbocycles. The Morgan fingerprint density at radius 1 is 1.20 bits per heavy atom. The molecule has 25 heavy (non-hydrogen) atoms. The fourth-order valence-corrected chi connectivity index (χ4v) is 3.64. The summed E-state index contributed by atoms with van der Waals surface area (Å²) >= 11 is 0. The number of pyridine rings is 1. The number of ether oxygens (including phenoxy) is 1. The van der Waals surface area contributed by atoms with E-state index in [0.717, 1.165) is 36.1 Å². The van der Waals surface area contributed by atoms with Gasteiger partial charge in [-0.05, 0) is 37.3 Å². The van der Waals surface area contributed by atoms with E-state index in [2.05, 4.69) is 18.8 Å². The second kappa shape index (κ2) is 7.21. The average molecular weight is 340 g/mol. The topological polar surface area (TPSA) is 59.5 Å². The number of rotatable bonds is 3. The van der Waals surface area contributed by atoms with Gasteiger partial charge in [0.05, 0.1) is 11.1 Å². The summed E-state index contributed by atoms with van der Waals surface area (Å²) in [5.74, 6) is 0.361. The minimum Gasteiger partial charge on any atom is -0.452 e. The fourth-order valence-electron chi connectivity index (χ4n) is 3.64. The van der Waals surface area contributed by atoms with Crippen LogP contribution in [0.2, 0.25) is 0 Å². The Morgan fingerprint density at radius 2 is 1.88 bits per heavy atom. The number of para-hydroxylation sites is 1. The van der Waals surface area contributed by atoms with Crippen LogP contribution in [0.25, 0.3) is 10.9 Å². The number of esters is 1. The summed E-state index contributed by atoms with van der Waals surface area (Å²) in [6, 6.07) is 9.15. The van der Waals surface area contributed by atoms with Crippen LogP contribution >= 0.6 is 0 Å². The molecule has 1 fully saturated rings. The highest BCUT2D eigenvalue weighted by molar-refractivity contribution is 6.04. The van der Waals surface area contributed by atoms with Crippen molar-refractivity contribution in [1.29, 1.82) is 0 Å². The van der Waals surface area contributed by atoms with Gasteiger partial charge in [0.25, 0.3) is 5.91 Å². The third-order valence-electron chi connectivity index (χ3n) is 4.61. The molecule has 0 unspecified atom stereocenters. The molecule has 1 aromatic heterocycles. The number of hydrogen-bond donors (Lipinski definition) is 0. The highest BCUT2D eigenvalue weighted by Crippen LogP contribution is 2.22. The predicted molar refractivity (Wildman–Crippen MR) is 96.3 cm³/mol. The predicted octanol–water partition coefficient (Wildman–Crippen LogP) is 3.20. The molecule has 1 aromatic carbocycles. The Labute approximate surface area is 148 Å². The van der Waals surface area contributed by atoms with E-state index < -0.39 is 5.97 Å². The lowest BCUT2D eigenvalue weighted by atomic mass is 9.92. The monoisotopic (exact) mass is 340 g/mol. The first-order valence-corrected chi connectivity index (χ1v) is 8.75. The third-order valence-corrected chi connectivity index (χ3v) is 4.61. The number of carbonyl (C=O) groups is 2. The van der Waals surface area contributed by atoms with Crippen molar-refractivity contribution in [2.24, 2.45) is 11.8 Å². The van der Waals surface area contributed by atoms with Gasteiger partial charge in [-0.1, -0.05) is 32.0 Å². The van der Waals surface area contributed by atoms with Crippen molar-refractivity contribution < 1.29 is 14.3 Å². The number of carbonyl (C=O) groups excluding carboxylic acids is 2. The standard InChI is InChI=1S/C20H24N2O3/c1-13-8-14(2)11-22(10-13)19(23)12-25-20(24)17-9-15(3)21-18-7-5-4-6-16(17)18/h4-7,9,13-14H,8,10-12H2,1-3H3/t13-,14-/m1/s1. The molecule has 0 spiro atoms. The molecule has 0 aliphatic carbocycles.